The van der Waals surface area contributed by atoms with E-state index in [0.717, 1.165) is 5.56 Å². The zero-order valence-corrected chi connectivity index (χ0v) is 14.5. The van der Waals surface area contributed by atoms with Crippen LogP contribution in [0.5, 0.6) is 23.0 Å². The number of benzene rings is 3. The van der Waals surface area contributed by atoms with Crippen molar-refractivity contribution in [3.05, 3.63) is 77.9 Å². The number of hydrogen-bond donors (Lipinski definition) is 2. The van der Waals surface area contributed by atoms with Crippen molar-refractivity contribution in [3.8, 4) is 23.0 Å². The summed E-state index contributed by atoms with van der Waals surface area (Å²) in [5.41, 5.74) is 2.01. The minimum Gasteiger partial charge on any atom is -0.508 e. The number of aromatic hydroxyl groups is 1. The molecule has 5 nitrogen and oxygen atoms in total. The molecular weight excluding hydrogens is 330 g/mol. The first-order chi connectivity index (χ1) is 12.6. The van der Waals surface area contributed by atoms with Gasteiger partial charge < -0.3 is 19.9 Å². The normalized spacial score (nSPS) is 10.2. The largest absolute Gasteiger partial charge is 0.508 e. The van der Waals surface area contributed by atoms with Gasteiger partial charge in [0.25, 0.3) is 5.91 Å². The minimum absolute atomic E-state index is 0.176. The number of methoxy groups -OCH3 is 1. The average Bonchev–Trinajstić information content (AvgIpc) is 2.66. The number of phenolic OH excluding ortho intramolecular Hbond substituents is 1. The highest BCUT2D eigenvalue weighted by Crippen LogP contribution is 2.30. The molecule has 3 aromatic rings. The lowest BCUT2D eigenvalue weighted by Crippen LogP contribution is -2.12. The van der Waals surface area contributed by atoms with Gasteiger partial charge in [0.1, 0.15) is 23.0 Å². The predicted octanol–water partition coefficient (Wildman–Crippen LogP) is 4.75. The Morgan fingerprint density at radius 3 is 2.23 bits per heavy atom. The Bertz CT molecular complexity index is 902. The minimum atomic E-state index is -0.211. The lowest BCUT2D eigenvalue weighted by atomic mass is 10.1. The summed E-state index contributed by atoms with van der Waals surface area (Å²) in [7, 11) is 1.58. The van der Waals surface area contributed by atoms with E-state index >= 15 is 0 Å². The third-order valence-corrected chi connectivity index (χ3v) is 3.95. The van der Waals surface area contributed by atoms with Crippen LogP contribution in [0.3, 0.4) is 0 Å². The van der Waals surface area contributed by atoms with E-state index in [1.165, 1.54) is 0 Å². The number of amides is 1. The molecule has 0 spiro atoms. The second-order valence-electron chi connectivity index (χ2n) is 5.71. The second kappa shape index (κ2) is 7.61. The number of anilines is 1. The van der Waals surface area contributed by atoms with Gasteiger partial charge in [0.15, 0.2) is 0 Å². The van der Waals surface area contributed by atoms with Crippen LogP contribution in [0.25, 0.3) is 0 Å². The second-order valence-corrected chi connectivity index (χ2v) is 5.71. The molecule has 0 aromatic heterocycles. The van der Waals surface area contributed by atoms with Crippen LogP contribution >= 0.6 is 0 Å². The number of ether oxygens (including phenoxy) is 2. The predicted molar refractivity (Wildman–Crippen MR) is 100 cm³/mol. The Hall–Kier alpha value is -3.47. The van der Waals surface area contributed by atoms with Crippen LogP contribution in [0.4, 0.5) is 5.69 Å². The van der Waals surface area contributed by atoms with Gasteiger partial charge in [-0.2, -0.15) is 0 Å². The number of rotatable bonds is 5. The molecule has 1 amide bonds. The SMILES string of the molecule is COc1ccc(C(=O)Nc2cccc(Oc3ccc(O)cc3)c2C)cc1. The van der Waals surface area contributed by atoms with Crippen LogP contribution in [-0.4, -0.2) is 18.1 Å². The zero-order valence-electron chi connectivity index (χ0n) is 14.5. The Morgan fingerprint density at radius 1 is 0.923 bits per heavy atom. The molecule has 0 radical (unpaired) electrons. The maximum atomic E-state index is 12.5. The monoisotopic (exact) mass is 349 g/mol. The number of carbonyl (C=O) groups excluding carboxylic acids is 1. The molecule has 132 valence electrons. The van der Waals surface area contributed by atoms with Crippen molar-refractivity contribution in [1.82, 2.24) is 0 Å². The van der Waals surface area contributed by atoms with Crippen molar-refractivity contribution in [2.75, 3.05) is 12.4 Å². The fourth-order valence-corrected chi connectivity index (χ4v) is 2.44. The molecule has 0 atom stereocenters. The highest BCUT2D eigenvalue weighted by molar-refractivity contribution is 6.04. The van der Waals surface area contributed by atoms with E-state index in [2.05, 4.69) is 5.32 Å². The maximum Gasteiger partial charge on any atom is 0.255 e. The number of carbonyl (C=O) groups is 1. The molecule has 0 aliphatic heterocycles. The molecule has 3 rings (SSSR count). The summed E-state index contributed by atoms with van der Waals surface area (Å²) in [5.74, 6) is 1.89. The van der Waals surface area contributed by atoms with Crippen molar-refractivity contribution in [3.63, 3.8) is 0 Å². The summed E-state index contributed by atoms with van der Waals surface area (Å²) in [6.45, 7) is 1.87. The fourth-order valence-electron chi connectivity index (χ4n) is 2.44. The van der Waals surface area contributed by atoms with Crippen LogP contribution < -0.4 is 14.8 Å². The molecule has 0 fully saturated rings. The van der Waals surface area contributed by atoms with Gasteiger partial charge >= 0.3 is 0 Å². The topological polar surface area (TPSA) is 67.8 Å². The molecule has 0 heterocycles. The van der Waals surface area contributed by atoms with E-state index in [1.54, 1.807) is 55.6 Å². The van der Waals surface area contributed by atoms with E-state index in [4.69, 9.17) is 9.47 Å². The molecule has 0 bridgehead atoms. The van der Waals surface area contributed by atoms with Crippen molar-refractivity contribution < 1.29 is 19.4 Å². The molecular formula is C21H19NO4. The average molecular weight is 349 g/mol. The van der Waals surface area contributed by atoms with E-state index in [9.17, 15) is 9.90 Å². The third-order valence-electron chi connectivity index (χ3n) is 3.95. The summed E-state index contributed by atoms with van der Waals surface area (Å²) >= 11 is 0. The van der Waals surface area contributed by atoms with E-state index in [-0.39, 0.29) is 11.7 Å². The van der Waals surface area contributed by atoms with Gasteiger partial charge in [-0.1, -0.05) is 6.07 Å². The Balaban J connectivity index is 1.77. The smallest absolute Gasteiger partial charge is 0.255 e. The highest BCUT2D eigenvalue weighted by atomic mass is 16.5. The van der Waals surface area contributed by atoms with Crippen LogP contribution in [-0.2, 0) is 0 Å². The zero-order chi connectivity index (χ0) is 18.5. The molecule has 0 saturated heterocycles. The van der Waals surface area contributed by atoms with Crippen molar-refractivity contribution in [2.24, 2.45) is 0 Å². The third kappa shape index (κ3) is 3.95. The highest BCUT2D eigenvalue weighted by Gasteiger charge is 2.11. The lowest BCUT2D eigenvalue weighted by Gasteiger charge is -2.13. The summed E-state index contributed by atoms with van der Waals surface area (Å²) in [6.07, 6.45) is 0. The first-order valence-corrected chi connectivity index (χ1v) is 8.09. The van der Waals surface area contributed by atoms with Gasteiger partial charge in [-0.15, -0.1) is 0 Å². The molecule has 2 N–H and O–H groups in total. The maximum absolute atomic E-state index is 12.5. The number of nitrogens with one attached hydrogen (secondary N) is 1. The molecule has 0 unspecified atom stereocenters. The molecule has 0 aliphatic rings. The summed E-state index contributed by atoms with van der Waals surface area (Å²) < 4.78 is 10.9. The van der Waals surface area contributed by atoms with Gasteiger partial charge in [0.2, 0.25) is 0 Å². The standard InChI is InChI=1S/C21H19NO4/c1-14-19(22-21(24)15-6-10-17(25-2)11-7-15)4-3-5-20(14)26-18-12-8-16(23)9-13-18/h3-13,23H,1-2H3,(H,22,24). The van der Waals surface area contributed by atoms with Crippen molar-refractivity contribution in [1.29, 1.82) is 0 Å². The van der Waals surface area contributed by atoms with E-state index < -0.39 is 0 Å². The van der Waals surface area contributed by atoms with Crippen LogP contribution in [0.2, 0.25) is 0 Å². The Kier molecular flexibility index (Phi) is 5.08. The number of hydrogen-bond acceptors (Lipinski definition) is 4. The van der Waals surface area contributed by atoms with Gasteiger partial charge in [0, 0.05) is 16.8 Å². The number of phenols is 1. The van der Waals surface area contributed by atoms with Crippen molar-refractivity contribution >= 4 is 11.6 Å². The van der Waals surface area contributed by atoms with Crippen LogP contribution in [0.1, 0.15) is 15.9 Å². The molecule has 3 aromatic carbocycles. The lowest BCUT2D eigenvalue weighted by molar-refractivity contribution is 0.102. The summed E-state index contributed by atoms with van der Waals surface area (Å²) in [4.78, 5) is 12.5. The van der Waals surface area contributed by atoms with E-state index in [1.807, 2.05) is 25.1 Å². The van der Waals surface area contributed by atoms with E-state index in [0.29, 0.717) is 28.5 Å². The van der Waals surface area contributed by atoms with Gasteiger partial charge in [-0.3, -0.25) is 4.79 Å². The van der Waals surface area contributed by atoms with Crippen LogP contribution in [0.15, 0.2) is 66.7 Å². The van der Waals surface area contributed by atoms with Crippen LogP contribution in [0, 0.1) is 6.92 Å². The summed E-state index contributed by atoms with van der Waals surface area (Å²) in [6, 6.07) is 18.8. The van der Waals surface area contributed by atoms with Gasteiger partial charge in [0.05, 0.1) is 7.11 Å². The Labute approximate surface area is 151 Å². The Morgan fingerprint density at radius 2 is 1.58 bits per heavy atom. The van der Waals surface area contributed by atoms with Gasteiger partial charge in [-0.05, 0) is 67.6 Å². The molecule has 0 saturated carbocycles. The molecule has 0 aliphatic carbocycles. The first-order valence-electron chi connectivity index (χ1n) is 8.09. The summed E-state index contributed by atoms with van der Waals surface area (Å²) in [5, 5.41) is 12.3. The molecule has 26 heavy (non-hydrogen) atoms. The van der Waals surface area contributed by atoms with Crippen molar-refractivity contribution in [2.45, 2.75) is 6.92 Å². The fraction of sp³-hybridized carbons (Fsp3) is 0.0952. The quantitative estimate of drug-likeness (QED) is 0.697. The molecule has 5 heteroatoms. The van der Waals surface area contributed by atoms with Gasteiger partial charge in [-0.25, -0.2) is 0 Å². The first kappa shape index (κ1) is 17.4.